The highest BCUT2D eigenvalue weighted by molar-refractivity contribution is 5.93. The molecule has 1 saturated heterocycles. The first-order valence-corrected chi connectivity index (χ1v) is 9.94. The molecular formula is C22H26ClN5O2. The van der Waals surface area contributed by atoms with Crippen molar-refractivity contribution in [2.75, 3.05) is 13.1 Å². The predicted molar refractivity (Wildman–Crippen MR) is 117 cm³/mol. The van der Waals surface area contributed by atoms with Gasteiger partial charge in [0.25, 0.3) is 5.91 Å². The van der Waals surface area contributed by atoms with Crippen molar-refractivity contribution in [3.63, 3.8) is 0 Å². The van der Waals surface area contributed by atoms with Crippen molar-refractivity contribution >= 4 is 18.3 Å². The van der Waals surface area contributed by atoms with E-state index >= 15 is 0 Å². The normalized spacial score (nSPS) is 14.0. The molecule has 1 amide bonds. The molecule has 4 rings (SSSR count). The van der Waals surface area contributed by atoms with Crippen molar-refractivity contribution in [2.45, 2.75) is 32.4 Å². The fraction of sp³-hybridized carbons (Fsp3) is 0.318. The maximum atomic E-state index is 12.7. The molecule has 0 bridgehead atoms. The lowest BCUT2D eigenvalue weighted by atomic mass is 10.1. The lowest BCUT2D eigenvalue weighted by Crippen LogP contribution is -2.30. The van der Waals surface area contributed by atoms with Crippen LogP contribution in [-0.2, 0) is 6.54 Å². The van der Waals surface area contributed by atoms with Crippen molar-refractivity contribution in [1.82, 2.24) is 25.6 Å². The number of nitrogens with one attached hydrogen (secondary N) is 2. The highest BCUT2D eigenvalue weighted by atomic mass is 35.5. The van der Waals surface area contributed by atoms with Gasteiger partial charge in [0, 0.05) is 12.1 Å². The average Bonchev–Trinajstić information content (AvgIpc) is 3.16. The number of carbonyl (C=O) groups excluding carboxylic acids is 1. The lowest BCUT2D eigenvalue weighted by molar-refractivity contribution is 0.0945. The molecule has 2 heterocycles. The Morgan fingerprint density at radius 2 is 1.83 bits per heavy atom. The standard InChI is InChI=1S/C22H25N5O2.ClH/c1-16-21(25-26-27(16)18-11-13-23-14-12-18)22(28)24-15-17-7-5-6-10-20(17)29-19-8-3-2-4-9-19;/h2-10,18,23H,11-15H2,1H3,(H,24,28);1H. The summed E-state index contributed by atoms with van der Waals surface area (Å²) in [4.78, 5) is 12.7. The van der Waals surface area contributed by atoms with Gasteiger partial charge in [0.2, 0.25) is 0 Å². The Balaban J connectivity index is 0.00000256. The molecule has 3 aromatic rings. The Bertz CT molecular complexity index is 971. The maximum Gasteiger partial charge on any atom is 0.274 e. The van der Waals surface area contributed by atoms with Gasteiger partial charge >= 0.3 is 0 Å². The van der Waals surface area contributed by atoms with Crippen molar-refractivity contribution < 1.29 is 9.53 Å². The summed E-state index contributed by atoms with van der Waals surface area (Å²) in [6.45, 7) is 4.18. The van der Waals surface area contributed by atoms with E-state index in [9.17, 15) is 4.79 Å². The fourth-order valence-corrected chi connectivity index (χ4v) is 3.57. The summed E-state index contributed by atoms with van der Waals surface area (Å²) < 4.78 is 7.86. The van der Waals surface area contributed by atoms with Crippen LogP contribution < -0.4 is 15.4 Å². The summed E-state index contributed by atoms with van der Waals surface area (Å²) in [6.07, 6.45) is 1.99. The van der Waals surface area contributed by atoms with E-state index < -0.39 is 0 Å². The van der Waals surface area contributed by atoms with Crippen LogP contribution in [0.1, 0.15) is 40.6 Å². The summed E-state index contributed by atoms with van der Waals surface area (Å²) in [6, 6.07) is 17.6. The van der Waals surface area contributed by atoms with Crippen molar-refractivity contribution in [3.05, 3.63) is 71.5 Å². The number of hydrogen-bond donors (Lipinski definition) is 2. The number of rotatable bonds is 6. The largest absolute Gasteiger partial charge is 0.457 e. The van der Waals surface area contributed by atoms with E-state index in [0.717, 1.165) is 42.9 Å². The van der Waals surface area contributed by atoms with Crippen LogP contribution in [-0.4, -0.2) is 34.0 Å². The van der Waals surface area contributed by atoms with E-state index in [0.29, 0.717) is 24.0 Å². The number of aromatic nitrogens is 3. The molecule has 7 nitrogen and oxygen atoms in total. The van der Waals surface area contributed by atoms with E-state index in [1.807, 2.05) is 66.2 Å². The summed E-state index contributed by atoms with van der Waals surface area (Å²) in [5.74, 6) is 1.25. The molecule has 2 N–H and O–H groups in total. The number of nitrogens with zero attached hydrogens (tertiary/aromatic N) is 3. The van der Waals surface area contributed by atoms with Crippen molar-refractivity contribution in [3.8, 4) is 11.5 Å². The van der Waals surface area contributed by atoms with E-state index in [-0.39, 0.29) is 18.3 Å². The zero-order valence-corrected chi connectivity index (χ0v) is 17.7. The third-order valence-corrected chi connectivity index (χ3v) is 5.18. The number of carbonyl (C=O) groups is 1. The first kappa shape index (κ1) is 21.8. The molecule has 0 unspecified atom stereocenters. The Kier molecular flexibility index (Phi) is 7.43. The summed E-state index contributed by atoms with van der Waals surface area (Å²) in [5, 5.41) is 14.7. The SMILES string of the molecule is Cc1c(C(=O)NCc2ccccc2Oc2ccccc2)nnn1C1CCNCC1.Cl. The summed E-state index contributed by atoms with van der Waals surface area (Å²) in [5.41, 5.74) is 2.08. The Labute approximate surface area is 182 Å². The van der Waals surface area contributed by atoms with Crippen LogP contribution in [0, 0.1) is 6.92 Å². The molecule has 30 heavy (non-hydrogen) atoms. The zero-order valence-electron chi connectivity index (χ0n) is 16.9. The molecule has 8 heteroatoms. The van der Waals surface area contributed by atoms with Gasteiger partial charge in [-0.25, -0.2) is 4.68 Å². The Morgan fingerprint density at radius 1 is 1.13 bits per heavy atom. The van der Waals surface area contributed by atoms with Gasteiger partial charge in [-0.2, -0.15) is 0 Å². The molecule has 1 aromatic heterocycles. The number of hydrogen-bond acceptors (Lipinski definition) is 5. The van der Waals surface area contributed by atoms with Gasteiger partial charge in [-0.1, -0.05) is 41.6 Å². The third kappa shape index (κ3) is 4.98. The molecule has 1 aliphatic rings. The van der Waals surface area contributed by atoms with Crippen LogP contribution in [0.15, 0.2) is 54.6 Å². The first-order valence-electron chi connectivity index (χ1n) is 9.94. The molecule has 0 spiro atoms. The van der Waals surface area contributed by atoms with Gasteiger partial charge in [0.1, 0.15) is 11.5 Å². The Morgan fingerprint density at radius 3 is 2.60 bits per heavy atom. The fourth-order valence-electron chi connectivity index (χ4n) is 3.57. The molecular weight excluding hydrogens is 402 g/mol. The van der Waals surface area contributed by atoms with E-state index in [1.54, 1.807) is 0 Å². The summed E-state index contributed by atoms with van der Waals surface area (Å²) in [7, 11) is 0. The molecule has 0 aliphatic carbocycles. The third-order valence-electron chi connectivity index (χ3n) is 5.18. The second-order valence-corrected chi connectivity index (χ2v) is 7.15. The highest BCUT2D eigenvalue weighted by Gasteiger charge is 2.23. The van der Waals surface area contributed by atoms with Crippen molar-refractivity contribution in [1.29, 1.82) is 0 Å². The molecule has 2 aromatic carbocycles. The van der Waals surface area contributed by atoms with Gasteiger partial charge in [-0.05, 0) is 51.1 Å². The highest BCUT2D eigenvalue weighted by Crippen LogP contribution is 2.25. The number of piperidine rings is 1. The second kappa shape index (κ2) is 10.2. The minimum Gasteiger partial charge on any atom is -0.457 e. The zero-order chi connectivity index (χ0) is 20.1. The molecule has 1 aliphatic heterocycles. The second-order valence-electron chi connectivity index (χ2n) is 7.15. The number of ether oxygens (including phenoxy) is 1. The van der Waals surface area contributed by atoms with Gasteiger partial charge in [0.15, 0.2) is 5.69 Å². The molecule has 0 radical (unpaired) electrons. The van der Waals surface area contributed by atoms with Gasteiger partial charge in [-0.15, -0.1) is 17.5 Å². The molecule has 0 saturated carbocycles. The Hall–Kier alpha value is -2.90. The smallest absolute Gasteiger partial charge is 0.274 e. The van der Waals surface area contributed by atoms with E-state index in [2.05, 4.69) is 20.9 Å². The van der Waals surface area contributed by atoms with Gasteiger partial charge in [0.05, 0.1) is 11.7 Å². The number of halogens is 1. The maximum absolute atomic E-state index is 12.7. The molecule has 158 valence electrons. The quantitative estimate of drug-likeness (QED) is 0.627. The monoisotopic (exact) mass is 427 g/mol. The number of amides is 1. The van der Waals surface area contributed by atoms with Crippen molar-refractivity contribution in [2.24, 2.45) is 0 Å². The topological polar surface area (TPSA) is 81.1 Å². The minimum absolute atomic E-state index is 0. The lowest BCUT2D eigenvalue weighted by Gasteiger charge is -2.23. The average molecular weight is 428 g/mol. The molecule has 0 atom stereocenters. The summed E-state index contributed by atoms with van der Waals surface area (Å²) >= 11 is 0. The number of benzene rings is 2. The van der Waals surface area contributed by atoms with Gasteiger partial charge in [-0.3, -0.25) is 4.79 Å². The van der Waals surface area contributed by atoms with Crippen LogP contribution in [0.2, 0.25) is 0 Å². The molecule has 1 fully saturated rings. The predicted octanol–water partition coefficient (Wildman–Crippen LogP) is 3.66. The van der Waals surface area contributed by atoms with Crippen LogP contribution in [0.3, 0.4) is 0 Å². The van der Waals surface area contributed by atoms with Crippen LogP contribution in [0.5, 0.6) is 11.5 Å². The first-order chi connectivity index (χ1) is 14.2. The number of para-hydroxylation sites is 2. The van der Waals surface area contributed by atoms with E-state index in [4.69, 9.17) is 4.74 Å². The van der Waals surface area contributed by atoms with Crippen LogP contribution >= 0.6 is 12.4 Å². The van der Waals surface area contributed by atoms with Crippen LogP contribution in [0.25, 0.3) is 0 Å². The van der Waals surface area contributed by atoms with Crippen LogP contribution in [0.4, 0.5) is 0 Å². The van der Waals surface area contributed by atoms with Gasteiger partial charge < -0.3 is 15.4 Å². The minimum atomic E-state index is -0.225. The van der Waals surface area contributed by atoms with E-state index in [1.165, 1.54) is 0 Å².